The lowest BCUT2D eigenvalue weighted by Crippen LogP contribution is -2.16. The molecule has 56 valence electrons. The third kappa shape index (κ3) is 2.96. The summed E-state index contributed by atoms with van der Waals surface area (Å²) in [6.45, 7) is 1.58. The van der Waals surface area contributed by atoms with Gasteiger partial charge in [0.25, 0.3) is 0 Å². The quantitative estimate of drug-likeness (QED) is 0.445. The molecule has 0 rings (SSSR count). The Morgan fingerprint density at radius 1 is 1.30 bits per heavy atom. The molecule has 0 aromatic carbocycles. The van der Waals surface area contributed by atoms with Gasteiger partial charge in [0.15, 0.2) is 0 Å². The predicted molar refractivity (Wildman–Crippen MR) is 32.6 cm³/mol. The summed E-state index contributed by atoms with van der Waals surface area (Å²) in [7, 11) is 0. The zero-order valence-corrected chi connectivity index (χ0v) is 5.59. The van der Waals surface area contributed by atoms with Crippen LogP contribution in [-0.2, 0) is 14.4 Å². The lowest BCUT2D eigenvalue weighted by atomic mass is 10.2. The SMILES string of the molecule is CCC(=O)CC(=O)C(=O)O. The molecule has 10 heavy (non-hydrogen) atoms. The van der Waals surface area contributed by atoms with Crippen LogP contribution in [0.2, 0.25) is 0 Å². The molecule has 4 nitrogen and oxygen atoms in total. The van der Waals surface area contributed by atoms with Crippen LogP contribution in [0.3, 0.4) is 0 Å². The van der Waals surface area contributed by atoms with Crippen LogP contribution in [0.25, 0.3) is 0 Å². The maximum atomic E-state index is 10.4. The molecule has 0 aliphatic carbocycles. The average molecular weight is 144 g/mol. The van der Waals surface area contributed by atoms with Crippen molar-refractivity contribution in [1.82, 2.24) is 0 Å². The van der Waals surface area contributed by atoms with Crippen molar-refractivity contribution in [3.8, 4) is 0 Å². The lowest BCUT2D eigenvalue weighted by molar-refractivity contribution is -0.150. The summed E-state index contributed by atoms with van der Waals surface area (Å²) in [6.07, 6.45) is -0.273. The fourth-order valence-corrected chi connectivity index (χ4v) is 0.380. The molecule has 0 aromatic rings. The molecule has 0 amide bonds. The number of aliphatic carboxylic acids is 1. The second-order valence-electron chi connectivity index (χ2n) is 1.80. The third-order valence-corrected chi connectivity index (χ3v) is 0.991. The minimum Gasteiger partial charge on any atom is -0.475 e. The zero-order chi connectivity index (χ0) is 8.15. The van der Waals surface area contributed by atoms with E-state index in [1.54, 1.807) is 6.92 Å². The molecule has 0 radical (unpaired) electrons. The predicted octanol–water partition coefficient (Wildman–Crippen LogP) is 0.00930. The van der Waals surface area contributed by atoms with E-state index in [0.29, 0.717) is 0 Å². The van der Waals surface area contributed by atoms with E-state index in [1.807, 2.05) is 0 Å². The summed E-state index contributed by atoms with van der Waals surface area (Å²) in [5.74, 6) is -2.92. The molecular formula is C6H8O4. The van der Waals surface area contributed by atoms with Gasteiger partial charge in [-0.25, -0.2) is 4.79 Å². The monoisotopic (exact) mass is 144 g/mol. The van der Waals surface area contributed by atoms with Crippen molar-refractivity contribution in [3.63, 3.8) is 0 Å². The van der Waals surface area contributed by atoms with E-state index >= 15 is 0 Å². The molecule has 0 aromatic heterocycles. The molecule has 0 atom stereocenters. The maximum absolute atomic E-state index is 10.4. The first kappa shape index (κ1) is 8.81. The molecule has 1 N–H and O–H groups in total. The second-order valence-corrected chi connectivity index (χ2v) is 1.80. The third-order valence-electron chi connectivity index (χ3n) is 0.991. The number of carboxylic acids is 1. The summed E-state index contributed by atoms with van der Waals surface area (Å²) in [4.78, 5) is 30.6. The fourth-order valence-electron chi connectivity index (χ4n) is 0.380. The van der Waals surface area contributed by atoms with Gasteiger partial charge in [0, 0.05) is 6.42 Å². The highest BCUT2D eigenvalue weighted by Crippen LogP contribution is 1.89. The number of Topliss-reactive ketones (excluding diaryl/α,β-unsaturated/α-hetero) is 2. The number of carbonyl (C=O) groups is 3. The summed E-state index contributed by atoms with van der Waals surface area (Å²) < 4.78 is 0. The van der Waals surface area contributed by atoms with E-state index < -0.39 is 18.2 Å². The number of hydrogen-bond donors (Lipinski definition) is 1. The minimum atomic E-state index is -1.54. The van der Waals surface area contributed by atoms with E-state index in [0.717, 1.165) is 0 Å². The molecule has 4 heteroatoms. The van der Waals surface area contributed by atoms with Crippen LogP contribution in [0.15, 0.2) is 0 Å². The Balaban J connectivity index is 3.80. The molecule has 0 unspecified atom stereocenters. The Bertz CT molecular complexity index is 171. The highest BCUT2D eigenvalue weighted by Gasteiger charge is 2.14. The Labute approximate surface area is 57.8 Å². The molecule has 0 spiro atoms. The first-order valence-corrected chi connectivity index (χ1v) is 2.85. The molecule has 0 aliphatic rings. The largest absolute Gasteiger partial charge is 0.475 e. The van der Waals surface area contributed by atoms with Crippen LogP contribution >= 0.6 is 0 Å². The molecule has 0 bridgehead atoms. The van der Waals surface area contributed by atoms with Gasteiger partial charge in [0.1, 0.15) is 5.78 Å². The Morgan fingerprint density at radius 3 is 2.10 bits per heavy atom. The number of hydrogen-bond acceptors (Lipinski definition) is 3. The summed E-state index contributed by atoms with van der Waals surface area (Å²) >= 11 is 0. The highest BCUT2D eigenvalue weighted by molar-refractivity contribution is 6.36. The van der Waals surface area contributed by atoms with Gasteiger partial charge in [-0.3, -0.25) is 9.59 Å². The minimum absolute atomic E-state index is 0.207. The van der Waals surface area contributed by atoms with Crippen molar-refractivity contribution < 1.29 is 19.5 Å². The molecule has 0 heterocycles. The van der Waals surface area contributed by atoms with Gasteiger partial charge in [-0.05, 0) is 0 Å². The van der Waals surface area contributed by atoms with Gasteiger partial charge in [-0.1, -0.05) is 6.92 Å². The first-order chi connectivity index (χ1) is 4.57. The van der Waals surface area contributed by atoms with Crippen molar-refractivity contribution in [2.24, 2.45) is 0 Å². The standard InChI is InChI=1S/C6H8O4/c1-2-4(7)3-5(8)6(9)10/h2-3H2,1H3,(H,9,10). The summed E-state index contributed by atoms with van der Waals surface area (Å²) in [6, 6.07) is 0. The van der Waals surface area contributed by atoms with Crippen LogP contribution in [-0.4, -0.2) is 22.6 Å². The number of carbonyl (C=O) groups excluding carboxylic acids is 2. The van der Waals surface area contributed by atoms with E-state index in [9.17, 15) is 14.4 Å². The van der Waals surface area contributed by atoms with Gasteiger partial charge in [0.05, 0.1) is 6.42 Å². The van der Waals surface area contributed by atoms with Crippen molar-refractivity contribution in [3.05, 3.63) is 0 Å². The van der Waals surface area contributed by atoms with Crippen molar-refractivity contribution in [2.75, 3.05) is 0 Å². The van der Waals surface area contributed by atoms with Crippen molar-refractivity contribution >= 4 is 17.5 Å². The molecule has 0 saturated heterocycles. The van der Waals surface area contributed by atoms with Crippen LogP contribution in [0.5, 0.6) is 0 Å². The van der Waals surface area contributed by atoms with Gasteiger partial charge < -0.3 is 5.11 Å². The number of carboxylic acid groups (broad SMARTS) is 1. The smallest absolute Gasteiger partial charge is 0.372 e. The lowest BCUT2D eigenvalue weighted by Gasteiger charge is -1.90. The van der Waals surface area contributed by atoms with Crippen LogP contribution in [0.4, 0.5) is 0 Å². The van der Waals surface area contributed by atoms with Crippen molar-refractivity contribution in [1.29, 1.82) is 0 Å². The van der Waals surface area contributed by atoms with E-state index in [2.05, 4.69) is 0 Å². The van der Waals surface area contributed by atoms with E-state index in [1.165, 1.54) is 0 Å². The van der Waals surface area contributed by atoms with E-state index in [-0.39, 0.29) is 12.2 Å². The molecular weight excluding hydrogens is 136 g/mol. The number of ketones is 2. The Morgan fingerprint density at radius 2 is 1.80 bits per heavy atom. The Hall–Kier alpha value is -1.19. The van der Waals surface area contributed by atoms with Crippen LogP contribution in [0, 0.1) is 0 Å². The molecule has 0 fully saturated rings. The topological polar surface area (TPSA) is 71.4 Å². The first-order valence-electron chi connectivity index (χ1n) is 2.85. The zero-order valence-electron chi connectivity index (χ0n) is 5.59. The maximum Gasteiger partial charge on any atom is 0.372 e. The van der Waals surface area contributed by atoms with Crippen LogP contribution < -0.4 is 0 Å². The molecule has 0 saturated carbocycles. The molecule has 0 aliphatic heterocycles. The van der Waals surface area contributed by atoms with Crippen LogP contribution in [0.1, 0.15) is 19.8 Å². The van der Waals surface area contributed by atoms with Gasteiger partial charge in [0.2, 0.25) is 5.78 Å². The fraction of sp³-hybridized carbons (Fsp3) is 0.500. The van der Waals surface area contributed by atoms with E-state index in [4.69, 9.17) is 5.11 Å². The van der Waals surface area contributed by atoms with Crippen molar-refractivity contribution in [2.45, 2.75) is 19.8 Å². The van der Waals surface area contributed by atoms with Gasteiger partial charge in [-0.2, -0.15) is 0 Å². The number of rotatable bonds is 4. The van der Waals surface area contributed by atoms with Gasteiger partial charge >= 0.3 is 5.97 Å². The van der Waals surface area contributed by atoms with Gasteiger partial charge in [-0.15, -0.1) is 0 Å². The average Bonchev–Trinajstić information content (AvgIpc) is 1.87. The summed E-state index contributed by atoms with van der Waals surface area (Å²) in [5, 5.41) is 8.02. The summed E-state index contributed by atoms with van der Waals surface area (Å²) in [5.41, 5.74) is 0. The normalized spacial score (nSPS) is 8.90. The Kier molecular flexibility index (Phi) is 3.32. The highest BCUT2D eigenvalue weighted by atomic mass is 16.4. The second kappa shape index (κ2) is 3.76.